The van der Waals surface area contributed by atoms with Crippen LogP contribution in [0.3, 0.4) is 0 Å². The highest BCUT2D eigenvalue weighted by molar-refractivity contribution is 9.10. The molecular weight excluding hydrogens is 342 g/mol. The maximum absolute atomic E-state index is 11.6. The van der Waals surface area contributed by atoms with Crippen LogP contribution < -0.4 is 16.4 Å². The van der Waals surface area contributed by atoms with Crippen LogP contribution in [0.2, 0.25) is 0 Å². The van der Waals surface area contributed by atoms with Gasteiger partial charge >= 0.3 is 12.0 Å². The number of carbonyl (C=O) groups is 3. The second-order valence-corrected chi connectivity index (χ2v) is 5.27. The standard InChI is InChI=1S/C13H16BrN3O4/c14-9-3-1-2-8(6-9)7-16-13(21)17-10(12(19)20)4-5-11(15)18/h1-3,6,10H,4-5,7H2,(H2,15,18)(H,19,20)(H2,16,17,21)/t10-/m0/s1. The van der Waals surface area contributed by atoms with E-state index >= 15 is 0 Å². The first-order valence-corrected chi connectivity index (χ1v) is 6.97. The van der Waals surface area contributed by atoms with Gasteiger partial charge in [0.25, 0.3) is 0 Å². The van der Waals surface area contributed by atoms with E-state index in [4.69, 9.17) is 10.8 Å². The molecular formula is C13H16BrN3O4. The predicted molar refractivity (Wildman–Crippen MR) is 79.4 cm³/mol. The maximum atomic E-state index is 11.6. The van der Waals surface area contributed by atoms with Crippen molar-refractivity contribution in [1.82, 2.24) is 10.6 Å². The topological polar surface area (TPSA) is 122 Å². The molecule has 0 fully saturated rings. The molecule has 0 saturated heterocycles. The van der Waals surface area contributed by atoms with Crippen molar-refractivity contribution < 1.29 is 19.5 Å². The SMILES string of the molecule is NC(=O)CC[C@H](NC(=O)NCc1cccc(Br)c1)C(=O)O. The van der Waals surface area contributed by atoms with Crippen molar-refractivity contribution in [2.75, 3.05) is 0 Å². The smallest absolute Gasteiger partial charge is 0.326 e. The van der Waals surface area contributed by atoms with Crippen LogP contribution in [0.1, 0.15) is 18.4 Å². The maximum Gasteiger partial charge on any atom is 0.326 e. The lowest BCUT2D eigenvalue weighted by atomic mass is 10.1. The first kappa shape index (κ1) is 17.0. The number of hydrogen-bond acceptors (Lipinski definition) is 3. The fourth-order valence-electron chi connectivity index (χ4n) is 1.58. The third-order valence-electron chi connectivity index (χ3n) is 2.62. The van der Waals surface area contributed by atoms with E-state index in [1.165, 1.54) is 0 Å². The molecule has 0 radical (unpaired) electrons. The average molecular weight is 358 g/mol. The summed E-state index contributed by atoms with van der Waals surface area (Å²) in [6.45, 7) is 0.257. The Labute approximate surface area is 130 Å². The van der Waals surface area contributed by atoms with E-state index in [2.05, 4.69) is 26.6 Å². The van der Waals surface area contributed by atoms with Crippen molar-refractivity contribution in [3.8, 4) is 0 Å². The number of carboxylic acids is 1. The first-order chi connectivity index (χ1) is 9.88. The number of carbonyl (C=O) groups excluding carboxylic acids is 2. The Bertz CT molecular complexity index is 536. The summed E-state index contributed by atoms with van der Waals surface area (Å²) in [5.41, 5.74) is 5.82. The summed E-state index contributed by atoms with van der Waals surface area (Å²) in [6.07, 6.45) is -0.155. The second-order valence-electron chi connectivity index (χ2n) is 4.35. The highest BCUT2D eigenvalue weighted by atomic mass is 79.9. The van der Waals surface area contributed by atoms with Crippen LogP contribution in [0.4, 0.5) is 4.79 Å². The van der Waals surface area contributed by atoms with Crippen molar-refractivity contribution >= 4 is 33.8 Å². The quantitative estimate of drug-likeness (QED) is 0.580. The number of benzene rings is 1. The number of nitrogens with one attached hydrogen (secondary N) is 2. The molecule has 0 aliphatic rings. The molecule has 3 amide bonds. The normalized spacial score (nSPS) is 11.5. The zero-order chi connectivity index (χ0) is 15.8. The molecule has 0 heterocycles. The number of nitrogens with two attached hydrogens (primary N) is 1. The number of amides is 3. The van der Waals surface area contributed by atoms with Gasteiger partial charge in [0.15, 0.2) is 0 Å². The van der Waals surface area contributed by atoms with E-state index in [1.54, 1.807) is 0 Å². The minimum atomic E-state index is -1.21. The summed E-state index contributed by atoms with van der Waals surface area (Å²) in [5, 5.41) is 13.8. The van der Waals surface area contributed by atoms with Crippen molar-refractivity contribution in [2.24, 2.45) is 5.73 Å². The first-order valence-electron chi connectivity index (χ1n) is 6.18. The van der Waals surface area contributed by atoms with Crippen LogP contribution in [0.25, 0.3) is 0 Å². The molecule has 0 unspecified atom stereocenters. The van der Waals surface area contributed by atoms with Gasteiger partial charge in [-0.1, -0.05) is 28.1 Å². The Balaban J connectivity index is 2.46. The fraction of sp³-hybridized carbons (Fsp3) is 0.308. The van der Waals surface area contributed by atoms with Crippen LogP contribution in [-0.4, -0.2) is 29.1 Å². The van der Waals surface area contributed by atoms with Crippen LogP contribution in [0, 0.1) is 0 Å². The lowest BCUT2D eigenvalue weighted by Crippen LogP contribution is -2.46. The van der Waals surface area contributed by atoms with Gasteiger partial charge in [0, 0.05) is 17.4 Å². The van der Waals surface area contributed by atoms with Crippen molar-refractivity contribution in [1.29, 1.82) is 0 Å². The van der Waals surface area contributed by atoms with Gasteiger partial charge in [-0.2, -0.15) is 0 Å². The van der Waals surface area contributed by atoms with Gasteiger partial charge in [-0.25, -0.2) is 9.59 Å². The highest BCUT2D eigenvalue weighted by Crippen LogP contribution is 2.11. The van der Waals surface area contributed by atoms with Gasteiger partial charge in [0.1, 0.15) is 6.04 Å². The van der Waals surface area contributed by atoms with E-state index in [0.717, 1.165) is 10.0 Å². The third-order valence-corrected chi connectivity index (χ3v) is 3.12. The molecule has 1 rings (SSSR count). The molecule has 0 aliphatic heterocycles. The molecule has 0 aliphatic carbocycles. The molecule has 8 heteroatoms. The Morgan fingerprint density at radius 3 is 2.62 bits per heavy atom. The molecule has 0 bridgehead atoms. The minimum Gasteiger partial charge on any atom is -0.480 e. The summed E-state index contributed by atoms with van der Waals surface area (Å²) in [5.74, 6) is -1.83. The number of carboxylic acid groups (broad SMARTS) is 1. The number of primary amides is 1. The minimum absolute atomic E-state index is 0.0467. The Hall–Kier alpha value is -2.09. The molecule has 114 valence electrons. The Kier molecular flexibility index (Phi) is 6.67. The number of halogens is 1. The van der Waals surface area contributed by atoms with Gasteiger partial charge in [0.2, 0.25) is 5.91 Å². The van der Waals surface area contributed by atoms with Gasteiger partial charge in [-0.3, -0.25) is 4.79 Å². The predicted octanol–water partition coefficient (Wildman–Crippen LogP) is 0.967. The van der Waals surface area contributed by atoms with Crippen molar-refractivity contribution in [3.05, 3.63) is 34.3 Å². The molecule has 21 heavy (non-hydrogen) atoms. The lowest BCUT2D eigenvalue weighted by molar-refractivity contribution is -0.139. The van der Waals surface area contributed by atoms with Crippen LogP contribution in [-0.2, 0) is 16.1 Å². The molecule has 1 aromatic carbocycles. The van der Waals surface area contributed by atoms with E-state index in [0.29, 0.717) is 0 Å². The zero-order valence-corrected chi connectivity index (χ0v) is 12.7. The summed E-state index contributed by atoms with van der Waals surface area (Å²) in [6, 6.07) is 5.57. The van der Waals surface area contributed by atoms with E-state index < -0.39 is 23.9 Å². The molecule has 1 aromatic rings. The number of urea groups is 1. The van der Waals surface area contributed by atoms with Gasteiger partial charge in [-0.15, -0.1) is 0 Å². The van der Waals surface area contributed by atoms with Crippen LogP contribution in [0.15, 0.2) is 28.7 Å². The van der Waals surface area contributed by atoms with Crippen molar-refractivity contribution in [3.63, 3.8) is 0 Å². The van der Waals surface area contributed by atoms with E-state index in [-0.39, 0.29) is 19.4 Å². The summed E-state index contributed by atoms with van der Waals surface area (Å²) < 4.78 is 0.882. The summed E-state index contributed by atoms with van der Waals surface area (Å²) >= 11 is 3.31. The van der Waals surface area contributed by atoms with Gasteiger partial charge < -0.3 is 21.5 Å². The molecule has 5 N–H and O–H groups in total. The van der Waals surface area contributed by atoms with E-state index in [1.807, 2.05) is 24.3 Å². The summed E-state index contributed by atoms with van der Waals surface area (Å²) in [4.78, 5) is 33.3. The Morgan fingerprint density at radius 2 is 2.05 bits per heavy atom. The van der Waals surface area contributed by atoms with Crippen LogP contribution >= 0.6 is 15.9 Å². The third kappa shape index (κ3) is 6.75. The highest BCUT2D eigenvalue weighted by Gasteiger charge is 2.20. The van der Waals surface area contributed by atoms with Gasteiger partial charge in [-0.05, 0) is 24.1 Å². The number of rotatable bonds is 7. The number of hydrogen-bond donors (Lipinski definition) is 4. The largest absolute Gasteiger partial charge is 0.480 e. The van der Waals surface area contributed by atoms with Gasteiger partial charge in [0.05, 0.1) is 0 Å². The molecule has 7 nitrogen and oxygen atoms in total. The average Bonchev–Trinajstić information content (AvgIpc) is 2.40. The number of aliphatic carboxylic acids is 1. The molecule has 1 atom stereocenters. The molecule has 0 saturated carbocycles. The molecule has 0 aromatic heterocycles. The lowest BCUT2D eigenvalue weighted by Gasteiger charge is -2.14. The zero-order valence-electron chi connectivity index (χ0n) is 11.1. The van der Waals surface area contributed by atoms with Crippen LogP contribution in [0.5, 0.6) is 0 Å². The fourth-order valence-corrected chi connectivity index (χ4v) is 2.03. The molecule has 0 spiro atoms. The monoisotopic (exact) mass is 357 g/mol. The summed E-state index contributed by atoms with van der Waals surface area (Å²) in [7, 11) is 0. The second kappa shape index (κ2) is 8.25. The Morgan fingerprint density at radius 1 is 1.33 bits per heavy atom. The van der Waals surface area contributed by atoms with Crippen molar-refractivity contribution in [2.45, 2.75) is 25.4 Å². The van der Waals surface area contributed by atoms with E-state index in [9.17, 15) is 14.4 Å².